The number of aryl methyl sites for hydroxylation is 2. The molecule has 3 heteroatoms. The van der Waals surface area contributed by atoms with Crippen LogP contribution in [0.5, 0.6) is 0 Å². The van der Waals surface area contributed by atoms with Crippen LogP contribution in [0.15, 0.2) is 6.07 Å². The average molecular weight is 239 g/mol. The summed E-state index contributed by atoms with van der Waals surface area (Å²) >= 11 is 1.98. The van der Waals surface area contributed by atoms with E-state index >= 15 is 0 Å². The maximum atomic E-state index is 5.61. The summed E-state index contributed by atoms with van der Waals surface area (Å²) in [4.78, 5) is 3.08. The highest BCUT2D eigenvalue weighted by molar-refractivity contribution is 7.12. The van der Waals surface area contributed by atoms with Gasteiger partial charge in [-0.05, 0) is 37.4 Å². The first-order valence-electron chi connectivity index (χ1n) is 6.29. The maximum absolute atomic E-state index is 5.61. The second kappa shape index (κ2) is 6.38. The van der Waals surface area contributed by atoms with E-state index in [-0.39, 0.29) is 0 Å². The van der Waals surface area contributed by atoms with Crippen LogP contribution in [0.2, 0.25) is 0 Å². The first kappa shape index (κ1) is 12.1. The summed E-state index contributed by atoms with van der Waals surface area (Å²) in [5.41, 5.74) is 1.56. The first-order chi connectivity index (χ1) is 7.90. The SMILES string of the molecule is CCc1cc2c(s1)CCOCCNCCC2. The minimum absolute atomic E-state index is 0.849. The summed E-state index contributed by atoms with van der Waals surface area (Å²) in [6.45, 7) is 6.06. The second-order valence-electron chi connectivity index (χ2n) is 4.23. The molecule has 0 saturated carbocycles. The Morgan fingerprint density at radius 3 is 3.12 bits per heavy atom. The Bertz CT molecular complexity index is 294. The van der Waals surface area contributed by atoms with Crippen LogP contribution in [0.4, 0.5) is 0 Å². The molecule has 0 spiro atoms. The third-order valence-electron chi connectivity index (χ3n) is 2.99. The molecule has 1 aromatic rings. The van der Waals surface area contributed by atoms with Crippen LogP contribution >= 0.6 is 11.3 Å². The molecule has 0 saturated heterocycles. The molecular formula is C13H21NOS. The predicted molar refractivity (Wildman–Crippen MR) is 69.4 cm³/mol. The molecule has 2 rings (SSSR count). The molecule has 1 N–H and O–H groups in total. The van der Waals surface area contributed by atoms with Crippen LogP contribution in [-0.4, -0.2) is 26.3 Å². The van der Waals surface area contributed by atoms with E-state index in [1.807, 2.05) is 11.3 Å². The van der Waals surface area contributed by atoms with Gasteiger partial charge in [-0.2, -0.15) is 0 Å². The highest BCUT2D eigenvalue weighted by Gasteiger charge is 2.09. The number of rotatable bonds is 1. The molecule has 90 valence electrons. The zero-order valence-corrected chi connectivity index (χ0v) is 10.9. The van der Waals surface area contributed by atoms with E-state index in [4.69, 9.17) is 4.74 Å². The lowest BCUT2D eigenvalue weighted by atomic mass is 10.1. The molecule has 1 aliphatic heterocycles. The summed E-state index contributed by atoms with van der Waals surface area (Å²) in [7, 11) is 0. The van der Waals surface area contributed by atoms with Crippen molar-refractivity contribution in [3.63, 3.8) is 0 Å². The fraction of sp³-hybridized carbons (Fsp3) is 0.692. The molecular weight excluding hydrogens is 218 g/mol. The Morgan fingerprint density at radius 2 is 2.25 bits per heavy atom. The van der Waals surface area contributed by atoms with Crippen molar-refractivity contribution in [1.82, 2.24) is 5.32 Å². The van der Waals surface area contributed by atoms with E-state index in [2.05, 4.69) is 18.3 Å². The zero-order valence-electron chi connectivity index (χ0n) is 10.1. The van der Waals surface area contributed by atoms with Gasteiger partial charge in [0.05, 0.1) is 13.2 Å². The molecule has 1 aliphatic rings. The summed E-state index contributed by atoms with van der Waals surface area (Å²) in [6, 6.07) is 2.40. The Labute approximate surface area is 102 Å². The standard InChI is InChI=1S/C13H21NOS/c1-2-12-10-11-4-3-6-14-7-9-15-8-5-13(11)16-12/h10,14H,2-9H2,1H3. The van der Waals surface area contributed by atoms with Crippen molar-refractivity contribution in [2.75, 3.05) is 26.3 Å². The third-order valence-corrected chi connectivity index (χ3v) is 4.37. The van der Waals surface area contributed by atoms with Gasteiger partial charge in [0.1, 0.15) is 0 Å². The van der Waals surface area contributed by atoms with Gasteiger partial charge >= 0.3 is 0 Å². The summed E-state index contributed by atoms with van der Waals surface area (Å²) in [6.07, 6.45) is 4.72. The molecule has 0 fully saturated rings. The Kier molecular flexibility index (Phi) is 4.82. The zero-order chi connectivity index (χ0) is 11.2. The molecule has 0 unspecified atom stereocenters. The normalized spacial score (nSPS) is 18.8. The van der Waals surface area contributed by atoms with Crippen LogP contribution in [-0.2, 0) is 24.0 Å². The fourth-order valence-corrected chi connectivity index (χ4v) is 3.21. The molecule has 0 radical (unpaired) electrons. The molecule has 0 atom stereocenters. The molecule has 0 amide bonds. The van der Waals surface area contributed by atoms with Crippen molar-refractivity contribution >= 4 is 11.3 Å². The van der Waals surface area contributed by atoms with Crippen LogP contribution in [0.1, 0.15) is 28.7 Å². The van der Waals surface area contributed by atoms with Crippen molar-refractivity contribution in [2.24, 2.45) is 0 Å². The van der Waals surface area contributed by atoms with Gasteiger partial charge in [0, 0.05) is 22.7 Å². The monoisotopic (exact) mass is 239 g/mol. The second-order valence-corrected chi connectivity index (χ2v) is 5.45. The lowest BCUT2D eigenvalue weighted by Gasteiger charge is -2.03. The first-order valence-corrected chi connectivity index (χ1v) is 7.10. The summed E-state index contributed by atoms with van der Waals surface area (Å²) < 4.78 is 5.61. The van der Waals surface area contributed by atoms with Gasteiger partial charge in [-0.3, -0.25) is 0 Å². The molecule has 16 heavy (non-hydrogen) atoms. The Hall–Kier alpha value is -0.380. The van der Waals surface area contributed by atoms with Crippen molar-refractivity contribution < 1.29 is 4.74 Å². The number of hydrogen-bond acceptors (Lipinski definition) is 3. The topological polar surface area (TPSA) is 21.3 Å². The Morgan fingerprint density at radius 1 is 1.31 bits per heavy atom. The van der Waals surface area contributed by atoms with Gasteiger partial charge in [-0.1, -0.05) is 6.92 Å². The maximum Gasteiger partial charge on any atom is 0.0591 e. The van der Waals surface area contributed by atoms with E-state index in [0.29, 0.717) is 0 Å². The van der Waals surface area contributed by atoms with Gasteiger partial charge in [0.15, 0.2) is 0 Å². The van der Waals surface area contributed by atoms with Crippen LogP contribution in [0.3, 0.4) is 0 Å². The van der Waals surface area contributed by atoms with Crippen molar-refractivity contribution in [3.8, 4) is 0 Å². The minimum Gasteiger partial charge on any atom is -0.380 e. The van der Waals surface area contributed by atoms with E-state index in [9.17, 15) is 0 Å². The van der Waals surface area contributed by atoms with Crippen molar-refractivity contribution in [2.45, 2.75) is 32.6 Å². The molecule has 0 aromatic carbocycles. The lowest BCUT2D eigenvalue weighted by molar-refractivity contribution is 0.140. The van der Waals surface area contributed by atoms with E-state index in [0.717, 1.165) is 39.1 Å². The van der Waals surface area contributed by atoms with E-state index in [1.54, 1.807) is 10.4 Å². The number of fused-ring (bicyclic) bond motifs is 1. The van der Waals surface area contributed by atoms with Crippen molar-refractivity contribution in [1.29, 1.82) is 0 Å². The molecule has 2 nitrogen and oxygen atoms in total. The molecule has 2 heterocycles. The number of nitrogens with one attached hydrogen (secondary N) is 1. The predicted octanol–water partition coefficient (Wildman–Crippen LogP) is 2.41. The summed E-state index contributed by atoms with van der Waals surface area (Å²) in [5, 5.41) is 3.41. The number of hydrogen-bond donors (Lipinski definition) is 1. The van der Waals surface area contributed by atoms with Crippen molar-refractivity contribution in [3.05, 3.63) is 21.4 Å². The smallest absolute Gasteiger partial charge is 0.0591 e. The van der Waals surface area contributed by atoms with Gasteiger partial charge in [0.2, 0.25) is 0 Å². The highest BCUT2D eigenvalue weighted by atomic mass is 32.1. The number of ether oxygens (including phenoxy) is 1. The van der Waals surface area contributed by atoms with Crippen LogP contribution in [0.25, 0.3) is 0 Å². The van der Waals surface area contributed by atoms with E-state index in [1.165, 1.54) is 17.7 Å². The van der Waals surface area contributed by atoms with E-state index < -0.39 is 0 Å². The summed E-state index contributed by atoms with van der Waals surface area (Å²) in [5.74, 6) is 0. The van der Waals surface area contributed by atoms with Gasteiger partial charge in [-0.15, -0.1) is 11.3 Å². The number of thiophene rings is 1. The Balaban J connectivity index is 2.05. The van der Waals surface area contributed by atoms with Crippen LogP contribution in [0, 0.1) is 0 Å². The highest BCUT2D eigenvalue weighted by Crippen LogP contribution is 2.25. The van der Waals surface area contributed by atoms with Crippen LogP contribution < -0.4 is 5.32 Å². The quantitative estimate of drug-likeness (QED) is 0.812. The van der Waals surface area contributed by atoms with Gasteiger partial charge in [-0.25, -0.2) is 0 Å². The fourth-order valence-electron chi connectivity index (χ4n) is 2.07. The molecule has 0 bridgehead atoms. The third kappa shape index (κ3) is 3.30. The minimum atomic E-state index is 0.849. The average Bonchev–Trinajstić information content (AvgIpc) is 2.67. The van der Waals surface area contributed by atoms with Gasteiger partial charge < -0.3 is 10.1 Å². The molecule has 0 aliphatic carbocycles. The lowest BCUT2D eigenvalue weighted by Crippen LogP contribution is -2.21. The molecule has 1 aromatic heterocycles. The van der Waals surface area contributed by atoms with Gasteiger partial charge in [0.25, 0.3) is 0 Å². The largest absolute Gasteiger partial charge is 0.380 e.